The fraction of sp³-hybridized carbons (Fsp3) is 0.242. The second kappa shape index (κ2) is 12.3. The van der Waals surface area contributed by atoms with Crippen LogP contribution in [-0.2, 0) is 4.79 Å². The fourth-order valence-corrected chi connectivity index (χ4v) is 6.74. The van der Waals surface area contributed by atoms with E-state index in [0.29, 0.717) is 57.4 Å². The lowest BCUT2D eigenvalue weighted by Gasteiger charge is -2.29. The molecule has 0 bridgehead atoms. The third-order valence-corrected chi connectivity index (χ3v) is 9.12. The molecule has 2 aliphatic heterocycles. The minimum Gasteiger partial charge on any atom is -0.457 e. The monoisotopic (exact) mass is 638 g/mol. The SMILES string of the molecule is Cc1cc(Oc2ccccc2)ccc1N1C(=O)Nc2c(C(=O)N[C@H]3CCN(C(=O)C(C#N)C=C4CC4)C3)sc3nccc1c23.S. The Morgan fingerprint density at radius 2 is 1.96 bits per heavy atom. The van der Waals surface area contributed by atoms with E-state index in [1.165, 1.54) is 11.3 Å². The number of thiophene rings is 1. The molecule has 1 saturated heterocycles. The van der Waals surface area contributed by atoms with Gasteiger partial charge in [0.1, 0.15) is 27.1 Å². The molecule has 12 heteroatoms. The van der Waals surface area contributed by atoms with Crippen molar-refractivity contribution in [1.82, 2.24) is 15.2 Å². The smallest absolute Gasteiger partial charge is 0.331 e. The van der Waals surface area contributed by atoms with Crippen LogP contribution >= 0.6 is 24.8 Å². The predicted molar refractivity (Wildman–Crippen MR) is 178 cm³/mol. The second-order valence-electron chi connectivity index (χ2n) is 11.1. The molecule has 10 nitrogen and oxygen atoms in total. The molecule has 1 saturated carbocycles. The fourth-order valence-electron chi connectivity index (χ4n) is 5.71. The minimum atomic E-state index is -0.784. The van der Waals surface area contributed by atoms with Crippen LogP contribution in [0.4, 0.5) is 21.9 Å². The summed E-state index contributed by atoms with van der Waals surface area (Å²) >= 11 is 1.21. The Morgan fingerprint density at radius 1 is 1.16 bits per heavy atom. The van der Waals surface area contributed by atoms with Crippen molar-refractivity contribution >= 4 is 70.0 Å². The van der Waals surface area contributed by atoms with Crippen LogP contribution in [-0.4, -0.2) is 46.9 Å². The number of amides is 4. The summed E-state index contributed by atoms with van der Waals surface area (Å²) in [6, 6.07) is 18.2. The summed E-state index contributed by atoms with van der Waals surface area (Å²) in [4.78, 5) is 48.7. The Labute approximate surface area is 270 Å². The summed E-state index contributed by atoms with van der Waals surface area (Å²) in [5, 5.41) is 16.2. The number of nitrogens with one attached hydrogen (secondary N) is 2. The first-order valence-corrected chi connectivity index (χ1v) is 15.3. The van der Waals surface area contributed by atoms with Crippen LogP contribution in [0.15, 0.2) is 72.4 Å². The number of carbonyl (C=O) groups excluding carboxylic acids is 3. The molecule has 7 rings (SSSR count). The normalized spacial score (nSPS) is 17.2. The molecule has 2 aromatic heterocycles. The number of carbonyl (C=O) groups is 3. The van der Waals surface area contributed by atoms with Gasteiger partial charge in [0.05, 0.1) is 28.5 Å². The number of aryl methyl sites for hydroxylation is 1. The number of para-hydroxylation sites is 1. The van der Waals surface area contributed by atoms with Gasteiger partial charge in [-0.05, 0) is 68.1 Å². The molecule has 2 atom stereocenters. The summed E-state index contributed by atoms with van der Waals surface area (Å²) in [5.74, 6) is 0.0248. The first-order valence-electron chi connectivity index (χ1n) is 14.4. The number of nitriles is 1. The van der Waals surface area contributed by atoms with E-state index in [-0.39, 0.29) is 37.4 Å². The van der Waals surface area contributed by atoms with E-state index in [9.17, 15) is 19.6 Å². The van der Waals surface area contributed by atoms with Gasteiger partial charge >= 0.3 is 6.03 Å². The molecular weight excluding hydrogens is 609 g/mol. The number of rotatable bonds is 7. The van der Waals surface area contributed by atoms with E-state index in [4.69, 9.17) is 4.74 Å². The molecule has 2 N–H and O–H groups in total. The molecule has 1 aliphatic carbocycles. The number of urea groups is 1. The Balaban J connectivity index is 0.00000357. The summed E-state index contributed by atoms with van der Waals surface area (Å²) in [5.41, 5.74) is 3.73. The largest absolute Gasteiger partial charge is 0.457 e. The predicted octanol–water partition coefficient (Wildman–Crippen LogP) is 6.38. The maximum absolute atomic E-state index is 13.6. The minimum absolute atomic E-state index is 0. The van der Waals surface area contributed by atoms with Crippen LogP contribution < -0.4 is 20.3 Å². The standard InChI is InChI=1S/C33H28N6O4S.H2S/c1-19-15-24(43-23-5-3-2-4-6-23)9-10-25(19)39-26-11-13-35-31-27(26)28(37-33(39)42)29(44-31)30(40)36-22-12-14-38(18-22)32(41)21(17-34)16-20-7-8-20;/h2-6,9-11,13,15-16,21-22H,7-8,12,14,18H2,1H3,(H,36,40)(H,37,42);1H2/t21?,22-;/m0./s1. The number of allylic oxidation sites excluding steroid dienone is 1. The summed E-state index contributed by atoms with van der Waals surface area (Å²) in [7, 11) is 0. The average molecular weight is 639 g/mol. The van der Waals surface area contributed by atoms with Gasteiger partial charge in [-0.3, -0.25) is 14.5 Å². The Hall–Kier alpha value is -4.86. The lowest BCUT2D eigenvalue weighted by atomic mass is 10.1. The lowest BCUT2D eigenvalue weighted by molar-refractivity contribution is -0.131. The first kappa shape index (κ1) is 30.2. The van der Waals surface area contributed by atoms with Crippen LogP contribution in [0.5, 0.6) is 11.5 Å². The number of hydrogen-bond donors (Lipinski definition) is 2. The number of ether oxygens (including phenoxy) is 1. The van der Waals surface area contributed by atoms with Crippen LogP contribution in [0.25, 0.3) is 10.2 Å². The first-order chi connectivity index (χ1) is 21.4. The Kier molecular flexibility index (Phi) is 8.22. The molecule has 3 aliphatic rings. The average Bonchev–Trinajstić information content (AvgIpc) is 3.60. The van der Waals surface area contributed by atoms with Crippen LogP contribution in [0.1, 0.15) is 34.5 Å². The van der Waals surface area contributed by atoms with E-state index in [2.05, 4.69) is 21.7 Å². The van der Waals surface area contributed by atoms with E-state index in [0.717, 1.165) is 29.7 Å². The highest BCUT2D eigenvalue weighted by molar-refractivity contribution is 7.59. The zero-order chi connectivity index (χ0) is 30.4. The molecule has 45 heavy (non-hydrogen) atoms. The van der Waals surface area contributed by atoms with E-state index in [1.54, 1.807) is 28.1 Å². The number of aromatic nitrogens is 1. The number of benzene rings is 2. The van der Waals surface area contributed by atoms with Crippen molar-refractivity contribution in [2.75, 3.05) is 23.3 Å². The lowest BCUT2D eigenvalue weighted by Crippen LogP contribution is -2.40. The van der Waals surface area contributed by atoms with Gasteiger partial charge in [-0.25, -0.2) is 9.78 Å². The Morgan fingerprint density at radius 3 is 2.69 bits per heavy atom. The van der Waals surface area contributed by atoms with Crippen LogP contribution in [0, 0.1) is 24.2 Å². The van der Waals surface area contributed by atoms with Crippen molar-refractivity contribution in [2.45, 2.75) is 32.2 Å². The van der Waals surface area contributed by atoms with Crippen molar-refractivity contribution in [3.8, 4) is 17.6 Å². The summed E-state index contributed by atoms with van der Waals surface area (Å²) in [6.07, 6.45) is 5.88. The van der Waals surface area contributed by atoms with Gasteiger partial charge in [0, 0.05) is 25.3 Å². The molecule has 0 spiro atoms. The van der Waals surface area contributed by atoms with Gasteiger partial charge in [0.25, 0.3) is 5.91 Å². The van der Waals surface area contributed by atoms with Gasteiger partial charge in [-0.1, -0.05) is 29.8 Å². The number of nitrogens with zero attached hydrogens (tertiary/aromatic N) is 4. The van der Waals surface area contributed by atoms with Crippen molar-refractivity contribution in [2.24, 2.45) is 5.92 Å². The van der Waals surface area contributed by atoms with E-state index >= 15 is 0 Å². The maximum atomic E-state index is 13.6. The van der Waals surface area contributed by atoms with E-state index in [1.807, 2.05) is 55.5 Å². The zero-order valence-electron chi connectivity index (χ0n) is 24.4. The van der Waals surface area contributed by atoms with Crippen LogP contribution in [0.2, 0.25) is 0 Å². The molecule has 4 amide bonds. The molecule has 228 valence electrons. The third-order valence-electron chi connectivity index (χ3n) is 8.02. The molecule has 4 heterocycles. The highest BCUT2D eigenvalue weighted by Gasteiger charge is 2.36. The summed E-state index contributed by atoms with van der Waals surface area (Å²) < 4.78 is 5.97. The van der Waals surface area contributed by atoms with Crippen LogP contribution in [0.3, 0.4) is 0 Å². The number of likely N-dealkylation sites (tertiary alicyclic amines) is 1. The molecule has 1 unspecified atom stereocenters. The molecule has 4 aromatic rings. The van der Waals surface area contributed by atoms with Gasteiger partial charge in [-0.15, -0.1) is 11.3 Å². The number of hydrogen-bond acceptors (Lipinski definition) is 7. The topological polar surface area (TPSA) is 128 Å². The molecule has 2 fully saturated rings. The van der Waals surface area contributed by atoms with Gasteiger partial charge < -0.3 is 20.3 Å². The number of pyridine rings is 1. The highest BCUT2D eigenvalue weighted by Crippen LogP contribution is 2.46. The van der Waals surface area contributed by atoms with E-state index < -0.39 is 5.92 Å². The van der Waals surface area contributed by atoms with Gasteiger partial charge in [-0.2, -0.15) is 18.8 Å². The van der Waals surface area contributed by atoms with Crippen molar-refractivity contribution < 1.29 is 19.1 Å². The quantitative estimate of drug-likeness (QED) is 0.226. The molecule has 0 radical (unpaired) electrons. The Bertz CT molecular complexity index is 1890. The third kappa shape index (κ3) is 5.84. The molecular formula is C33H30N6O4S2. The maximum Gasteiger partial charge on any atom is 0.331 e. The van der Waals surface area contributed by atoms with Gasteiger partial charge in [0.2, 0.25) is 5.91 Å². The van der Waals surface area contributed by atoms with Crippen molar-refractivity contribution in [3.05, 3.63) is 82.9 Å². The number of anilines is 3. The molecule has 2 aromatic carbocycles. The van der Waals surface area contributed by atoms with Gasteiger partial charge in [0.15, 0.2) is 0 Å². The second-order valence-corrected chi connectivity index (χ2v) is 12.1. The zero-order valence-corrected chi connectivity index (χ0v) is 26.2. The van der Waals surface area contributed by atoms with Crippen molar-refractivity contribution in [1.29, 1.82) is 5.26 Å². The highest BCUT2D eigenvalue weighted by atomic mass is 32.1. The van der Waals surface area contributed by atoms with Crippen molar-refractivity contribution in [3.63, 3.8) is 0 Å². The summed E-state index contributed by atoms with van der Waals surface area (Å²) in [6.45, 7) is 2.72.